The van der Waals surface area contributed by atoms with Crippen molar-refractivity contribution in [1.82, 2.24) is 10.2 Å². The van der Waals surface area contributed by atoms with Crippen LogP contribution in [0.1, 0.15) is 5.89 Å². The van der Waals surface area contributed by atoms with E-state index in [0.29, 0.717) is 0 Å². The number of carboxylic acid groups (broad SMARTS) is 1. The molecule has 0 spiro atoms. The molecule has 1 heterocycles. The number of hydrogen-bond acceptors (Lipinski definition) is 5. The number of anilines is 1. The maximum atomic E-state index is 9.96. The summed E-state index contributed by atoms with van der Waals surface area (Å²) < 4.78 is 4.58. The lowest BCUT2D eigenvalue weighted by Crippen LogP contribution is -2.07. The average molecular weight is 159 g/mol. The van der Waals surface area contributed by atoms with Crippen LogP contribution in [0.25, 0.3) is 0 Å². The van der Waals surface area contributed by atoms with Crippen molar-refractivity contribution >= 4 is 12.1 Å². The van der Waals surface area contributed by atoms with E-state index in [2.05, 4.69) is 14.6 Å². The summed E-state index contributed by atoms with van der Waals surface area (Å²) in [6.45, 7) is -0.408. The number of nitrogens with zero attached hydrogens (tertiary/aromatic N) is 2. The zero-order chi connectivity index (χ0) is 8.27. The molecule has 0 atom stereocenters. The van der Waals surface area contributed by atoms with Crippen molar-refractivity contribution in [2.24, 2.45) is 0 Å². The summed E-state index contributed by atoms with van der Waals surface area (Å²) in [7, 11) is 0. The third kappa shape index (κ3) is 1.90. The first-order valence-corrected chi connectivity index (χ1v) is 2.65. The summed E-state index contributed by atoms with van der Waals surface area (Å²) in [6.07, 6.45) is -1.29. The van der Waals surface area contributed by atoms with E-state index < -0.39 is 12.7 Å². The molecule has 1 aromatic rings. The number of aromatic nitrogens is 2. The van der Waals surface area contributed by atoms with E-state index in [1.165, 1.54) is 0 Å². The SMILES string of the molecule is O=C(O)Nc1nnc(CO)o1. The summed E-state index contributed by atoms with van der Waals surface area (Å²) >= 11 is 0. The van der Waals surface area contributed by atoms with Crippen LogP contribution >= 0.6 is 0 Å². The summed E-state index contributed by atoms with van der Waals surface area (Å²) in [5, 5.41) is 24.9. The molecule has 0 fully saturated rings. The highest BCUT2D eigenvalue weighted by Gasteiger charge is 2.06. The van der Waals surface area contributed by atoms with Gasteiger partial charge in [-0.05, 0) is 0 Å². The van der Waals surface area contributed by atoms with Gasteiger partial charge in [0.1, 0.15) is 6.61 Å². The van der Waals surface area contributed by atoms with Crippen LogP contribution in [-0.4, -0.2) is 26.5 Å². The van der Waals surface area contributed by atoms with Crippen molar-refractivity contribution in [2.75, 3.05) is 5.32 Å². The highest BCUT2D eigenvalue weighted by Crippen LogP contribution is 2.03. The average Bonchev–Trinajstić information content (AvgIpc) is 2.34. The number of aliphatic hydroxyl groups is 1. The maximum Gasteiger partial charge on any atom is 0.412 e. The molecule has 0 aromatic carbocycles. The third-order valence-corrected chi connectivity index (χ3v) is 0.816. The van der Waals surface area contributed by atoms with Crippen LogP contribution in [0.15, 0.2) is 4.42 Å². The Morgan fingerprint density at radius 2 is 2.36 bits per heavy atom. The molecule has 3 N–H and O–H groups in total. The summed E-state index contributed by atoms with van der Waals surface area (Å²) in [4.78, 5) is 9.96. The highest BCUT2D eigenvalue weighted by atomic mass is 16.4. The lowest BCUT2D eigenvalue weighted by Gasteiger charge is -1.88. The minimum atomic E-state index is -1.29. The molecule has 1 rings (SSSR count). The largest absolute Gasteiger partial charge is 0.465 e. The molecule has 0 saturated carbocycles. The lowest BCUT2D eigenvalue weighted by atomic mass is 10.7. The summed E-state index contributed by atoms with van der Waals surface area (Å²) in [6, 6.07) is -0.249. The Labute approximate surface area is 60.7 Å². The monoisotopic (exact) mass is 159 g/mol. The van der Waals surface area contributed by atoms with E-state index in [9.17, 15) is 4.79 Å². The number of nitrogens with one attached hydrogen (secondary N) is 1. The number of rotatable bonds is 2. The van der Waals surface area contributed by atoms with Crippen LogP contribution in [0, 0.1) is 0 Å². The number of aliphatic hydroxyl groups excluding tert-OH is 1. The smallest absolute Gasteiger partial charge is 0.412 e. The van der Waals surface area contributed by atoms with Crippen LogP contribution in [0.2, 0.25) is 0 Å². The van der Waals surface area contributed by atoms with E-state index >= 15 is 0 Å². The minimum Gasteiger partial charge on any atom is -0.465 e. The van der Waals surface area contributed by atoms with Gasteiger partial charge < -0.3 is 14.6 Å². The van der Waals surface area contributed by atoms with Crippen molar-refractivity contribution < 1.29 is 19.4 Å². The van der Waals surface area contributed by atoms with Crippen molar-refractivity contribution in [2.45, 2.75) is 6.61 Å². The molecule has 1 aromatic heterocycles. The van der Waals surface area contributed by atoms with Gasteiger partial charge in [0.05, 0.1) is 0 Å². The summed E-state index contributed by atoms with van der Waals surface area (Å²) in [5.41, 5.74) is 0. The Morgan fingerprint density at radius 3 is 2.82 bits per heavy atom. The van der Waals surface area contributed by atoms with Crippen LogP contribution in [0.4, 0.5) is 10.8 Å². The number of carbonyl (C=O) groups is 1. The van der Waals surface area contributed by atoms with Crippen molar-refractivity contribution in [3.63, 3.8) is 0 Å². The van der Waals surface area contributed by atoms with Crippen molar-refractivity contribution in [3.05, 3.63) is 5.89 Å². The lowest BCUT2D eigenvalue weighted by molar-refractivity contribution is 0.208. The molecule has 7 heteroatoms. The van der Waals surface area contributed by atoms with E-state index in [1.54, 1.807) is 0 Å². The Kier molecular flexibility index (Phi) is 2.02. The Bertz CT molecular complexity index is 258. The van der Waals surface area contributed by atoms with Crippen molar-refractivity contribution in [1.29, 1.82) is 0 Å². The van der Waals surface area contributed by atoms with Gasteiger partial charge in [-0.3, -0.25) is 0 Å². The van der Waals surface area contributed by atoms with Crippen LogP contribution < -0.4 is 5.32 Å². The minimum absolute atomic E-state index is 0.0336. The second kappa shape index (κ2) is 2.97. The first kappa shape index (κ1) is 7.48. The van der Waals surface area contributed by atoms with Gasteiger partial charge in [0.25, 0.3) is 0 Å². The maximum absolute atomic E-state index is 9.96. The third-order valence-electron chi connectivity index (χ3n) is 0.816. The molecule has 7 nitrogen and oxygen atoms in total. The van der Waals surface area contributed by atoms with Crippen LogP contribution in [0.3, 0.4) is 0 Å². The van der Waals surface area contributed by atoms with E-state index in [1.807, 2.05) is 5.32 Å². The van der Waals surface area contributed by atoms with Gasteiger partial charge in [-0.2, -0.15) is 0 Å². The predicted octanol–water partition coefficient (Wildman–Crippen LogP) is -0.348. The van der Waals surface area contributed by atoms with Gasteiger partial charge in [0.2, 0.25) is 5.89 Å². The fraction of sp³-hybridized carbons (Fsp3) is 0.250. The van der Waals surface area contributed by atoms with Crippen molar-refractivity contribution in [3.8, 4) is 0 Å². The Balaban J connectivity index is 2.65. The van der Waals surface area contributed by atoms with Gasteiger partial charge >= 0.3 is 12.1 Å². The molecular weight excluding hydrogens is 154 g/mol. The second-order valence-corrected chi connectivity index (χ2v) is 1.59. The first-order chi connectivity index (χ1) is 5.22. The highest BCUT2D eigenvalue weighted by molar-refractivity contribution is 5.79. The number of hydrogen-bond donors (Lipinski definition) is 3. The quantitative estimate of drug-likeness (QED) is 0.544. The molecule has 1 amide bonds. The standard InChI is InChI=1S/C4H5N3O4/c8-1-2-6-7-3(11-2)5-4(9)10/h8H,1H2,(H,5,7)(H,9,10). The molecule has 0 unspecified atom stereocenters. The van der Waals surface area contributed by atoms with Crippen LogP contribution in [0.5, 0.6) is 0 Å². The van der Waals surface area contributed by atoms with Gasteiger partial charge in [-0.1, -0.05) is 5.10 Å². The fourth-order valence-corrected chi connectivity index (χ4v) is 0.459. The second-order valence-electron chi connectivity index (χ2n) is 1.59. The van der Waals surface area contributed by atoms with Crippen LogP contribution in [-0.2, 0) is 6.61 Å². The molecule has 0 saturated heterocycles. The molecule has 11 heavy (non-hydrogen) atoms. The molecule has 0 bridgehead atoms. The molecule has 0 aliphatic carbocycles. The van der Waals surface area contributed by atoms with Gasteiger partial charge in [-0.15, -0.1) is 5.10 Å². The molecule has 60 valence electrons. The molecule has 0 aliphatic rings. The van der Waals surface area contributed by atoms with E-state index in [4.69, 9.17) is 10.2 Å². The first-order valence-electron chi connectivity index (χ1n) is 2.65. The Hall–Kier alpha value is -1.63. The zero-order valence-corrected chi connectivity index (χ0v) is 5.31. The normalized spacial score (nSPS) is 9.55. The Morgan fingerprint density at radius 1 is 1.64 bits per heavy atom. The molecular formula is C4H5N3O4. The van der Waals surface area contributed by atoms with Gasteiger partial charge in [-0.25, -0.2) is 10.1 Å². The molecule has 0 aliphatic heterocycles. The van der Waals surface area contributed by atoms with E-state index in [0.717, 1.165) is 0 Å². The van der Waals surface area contributed by atoms with Gasteiger partial charge in [0.15, 0.2) is 0 Å². The predicted molar refractivity (Wildman–Crippen MR) is 31.9 cm³/mol. The van der Waals surface area contributed by atoms with E-state index in [-0.39, 0.29) is 11.9 Å². The van der Waals surface area contributed by atoms with Gasteiger partial charge in [0, 0.05) is 0 Å². The zero-order valence-electron chi connectivity index (χ0n) is 5.31. The molecule has 0 radical (unpaired) electrons. The number of amides is 1. The topological polar surface area (TPSA) is 108 Å². The summed E-state index contributed by atoms with van der Waals surface area (Å²) in [5.74, 6) is -0.0336. The fourth-order valence-electron chi connectivity index (χ4n) is 0.459.